The molecule has 1 unspecified atom stereocenters. The maximum absolute atomic E-state index is 12.4. The fourth-order valence-electron chi connectivity index (χ4n) is 2.20. The van der Waals surface area contributed by atoms with Gasteiger partial charge < -0.3 is 15.4 Å². The summed E-state index contributed by atoms with van der Waals surface area (Å²) in [4.78, 5) is 14.2. The van der Waals surface area contributed by atoms with Crippen molar-refractivity contribution in [3.05, 3.63) is 28.2 Å². The van der Waals surface area contributed by atoms with Gasteiger partial charge in [0.25, 0.3) is 5.91 Å². The molecule has 1 amide bonds. The second-order valence-corrected chi connectivity index (χ2v) is 5.57. The molecule has 2 rings (SSSR count). The number of ether oxygens (including phenoxy) is 1. The number of nitrogens with two attached hydrogens (primary N) is 1. The minimum absolute atomic E-state index is 0.0430. The van der Waals surface area contributed by atoms with E-state index in [1.807, 2.05) is 30.0 Å². The molecule has 19 heavy (non-hydrogen) atoms. The van der Waals surface area contributed by atoms with Gasteiger partial charge in [-0.25, -0.2) is 0 Å². The van der Waals surface area contributed by atoms with E-state index in [1.54, 1.807) is 0 Å². The molecule has 0 saturated carbocycles. The van der Waals surface area contributed by atoms with E-state index in [0.29, 0.717) is 26.1 Å². The fourth-order valence-corrected chi connectivity index (χ4v) is 2.45. The van der Waals surface area contributed by atoms with Crippen LogP contribution in [0.15, 0.2) is 22.7 Å². The van der Waals surface area contributed by atoms with E-state index in [1.165, 1.54) is 0 Å². The molecule has 1 fully saturated rings. The van der Waals surface area contributed by atoms with Gasteiger partial charge in [0.05, 0.1) is 6.61 Å². The number of carbonyl (C=O) groups is 1. The Kier molecular flexibility index (Phi) is 4.96. The molecule has 5 heteroatoms. The van der Waals surface area contributed by atoms with Gasteiger partial charge in [-0.1, -0.05) is 15.9 Å². The number of morpholine rings is 1. The molecule has 1 atom stereocenters. The highest BCUT2D eigenvalue weighted by molar-refractivity contribution is 9.10. The number of hydrogen-bond acceptors (Lipinski definition) is 3. The average Bonchev–Trinajstić information content (AvgIpc) is 2.41. The summed E-state index contributed by atoms with van der Waals surface area (Å²) in [5.74, 6) is 0.0430. The summed E-state index contributed by atoms with van der Waals surface area (Å²) in [6, 6.07) is 5.95. The van der Waals surface area contributed by atoms with Crippen LogP contribution in [0.2, 0.25) is 0 Å². The number of hydrogen-bond donors (Lipinski definition) is 1. The van der Waals surface area contributed by atoms with Crippen LogP contribution in [0.5, 0.6) is 0 Å². The Bertz CT molecular complexity index is 465. The van der Waals surface area contributed by atoms with Crippen LogP contribution in [0.3, 0.4) is 0 Å². The summed E-state index contributed by atoms with van der Waals surface area (Å²) in [5.41, 5.74) is 7.55. The van der Waals surface area contributed by atoms with Gasteiger partial charge in [-0.3, -0.25) is 4.79 Å². The quantitative estimate of drug-likeness (QED) is 0.923. The van der Waals surface area contributed by atoms with Crippen molar-refractivity contribution in [1.29, 1.82) is 0 Å². The molecular formula is C14H19BrN2O2. The first kappa shape index (κ1) is 14.5. The van der Waals surface area contributed by atoms with Crippen LogP contribution >= 0.6 is 15.9 Å². The number of amides is 1. The lowest BCUT2D eigenvalue weighted by molar-refractivity contribution is -0.134. The predicted molar refractivity (Wildman–Crippen MR) is 79.3 cm³/mol. The van der Waals surface area contributed by atoms with Crippen molar-refractivity contribution < 1.29 is 9.53 Å². The third-order valence-corrected chi connectivity index (χ3v) is 4.19. The van der Waals surface area contributed by atoms with Gasteiger partial charge in [0.2, 0.25) is 0 Å². The summed E-state index contributed by atoms with van der Waals surface area (Å²) in [7, 11) is 0. The molecule has 0 spiro atoms. The Balaban J connectivity index is 2.14. The highest BCUT2D eigenvalue weighted by Crippen LogP contribution is 2.25. The molecule has 1 aliphatic rings. The number of benzene rings is 1. The molecule has 1 saturated heterocycles. The summed E-state index contributed by atoms with van der Waals surface area (Å²) in [6.45, 7) is 3.80. The van der Waals surface area contributed by atoms with Crippen molar-refractivity contribution in [1.82, 2.24) is 0 Å². The Morgan fingerprint density at radius 1 is 1.53 bits per heavy atom. The van der Waals surface area contributed by atoms with Crippen molar-refractivity contribution >= 4 is 27.5 Å². The molecule has 1 aliphatic heterocycles. The van der Waals surface area contributed by atoms with Crippen LogP contribution in [0, 0.1) is 6.92 Å². The topological polar surface area (TPSA) is 55.6 Å². The van der Waals surface area contributed by atoms with E-state index in [9.17, 15) is 4.79 Å². The molecule has 1 heterocycles. The van der Waals surface area contributed by atoms with Gasteiger partial charge in [-0.2, -0.15) is 0 Å². The monoisotopic (exact) mass is 326 g/mol. The number of anilines is 1. The minimum atomic E-state index is -0.346. The van der Waals surface area contributed by atoms with Crippen molar-refractivity contribution in [2.75, 3.05) is 24.6 Å². The lowest BCUT2D eigenvalue weighted by Crippen LogP contribution is -2.48. The lowest BCUT2D eigenvalue weighted by atomic mass is 10.1. The van der Waals surface area contributed by atoms with E-state index in [2.05, 4.69) is 15.9 Å². The van der Waals surface area contributed by atoms with Crippen LogP contribution < -0.4 is 10.6 Å². The third kappa shape index (κ3) is 3.35. The van der Waals surface area contributed by atoms with E-state index < -0.39 is 0 Å². The Morgan fingerprint density at radius 2 is 2.32 bits per heavy atom. The van der Waals surface area contributed by atoms with E-state index >= 15 is 0 Å². The molecule has 1 aromatic rings. The fraction of sp³-hybridized carbons (Fsp3) is 0.500. The first-order valence-electron chi connectivity index (χ1n) is 6.52. The first-order chi connectivity index (χ1) is 9.13. The molecule has 0 aromatic heterocycles. The first-order valence-corrected chi connectivity index (χ1v) is 7.32. The van der Waals surface area contributed by atoms with Crippen LogP contribution in [0.4, 0.5) is 5.69 Å². The van der Waals surface area contributed by atoms with Gasteiger partial charge >= 0.3 is 0 Å². The smallest absolute Gasteiger partial charge is 0.256 e. The predicted octanol–water partition coefficient (Wildman–Crippen LogP) is 2.23. The third-order valence-electron chi connectivity index (χ3n) is 3.30. The summed E-state index contributed by atoms with van der Waals surface area (Å²) in [5, 5.41) is 0. The normalized spacial score (nSPS) is 19.8. The highest BCUT2D eigenvalue weighted by atomic mass is 79.9. The number of halogens is 1. The highest BCUT2D eigenvalue weighted by Gasteiger charge is 2.30. The van der Waals surface area contributed by atoms with Crippen molar-refractivity contribution in [3.63, 3.8) is 0 Å². The average molecular weight is 327 g/mol. The van der Waals surface area contributed by atoms with Crippen LogP contribution in [0.25, 0.3) is 0 Å². The van der Waals surface area contributed by atoms with Crippen LogP contribution in [0.1, 0.15) is 18.4 Å². The molecule has 4 nitrogen and oxygen atoms in total. The SMILES string of the molecule is Cc1cc(N2CCOC(CCCN)C2=O)ccc1Br. The van der Waals surface area contributed by atoms with Crippen LogP contribution in [-0.4, -0.2) is 31.7 Å². The van der Waals surface area contributed by atoms with Gasteiger partial charge in [-0.05, 0) is 50.1 Å². The summed E-state index contributed by atoms with van der Waals surface area (Å²) >= 11 is 3.47. The molecular weight excluding hydrogens is 308 g/mol. The standard InChI is InChI=1S/C14H19BrN2O2/c1-10-9-11(4-5-12(10)15)17-7-8-19-13(14(17)18)3-2-6-16/h4-5,9,13H,2-3,6-8,16H2,1H3. The van der Waals surface area contributed by atoms with Gasteiger partial charge in [0, 0.05) is 16.7 Å². The molecule has 2 N–H and O–H groups in total. The van der Waals surface area contributed by atoms with E-state index in [0.717, 1.165) is 22.1 Å². The molecule has 0 radical (unpaired) electrons. The van der Waals surface area contributed by atoms with Gasteiger partial charge in [0.15, 0.2) is 0 Å². The molecule has 0 bridgehead atoms. The zero-order chi connectivity index (χ0) is 13.8. The minimum Gasteiger partial charge on any atom is -0.367 e. The van der Waals surface area contributed by atoms with Crippen LogP contribution in [-0.2, 0) is 9.53 Å². The number of nitrogens with zero attached hydrogens (tertiary/aromatic N) is 1. The molecule has 1 aromatic carbocycles. The second-order valence-electron chi connectivity index (χ2n) is 4.71. The second kappa shape index (κ2) is 6.50. The van der Waals surface area contributed by atoms with E-state index in [4.69, 9.17) is 10.5 Å². The maximum atomic E-state index is 12.4. The van der Waals surface area contributed by atoms with Crippen molar-refractivity contribution in [2.45, 2.75) is 25.9 Å². The zero-order valence-corrected chi connectivity index (χ0v) is 12.6. The summed E-state index contributed by atoms with van der Waals surface area (Å²) < 4.78 is 6.59. The van der Waals surface area contributed by atoms with Crippen molar-refractivity contribution in [2.24, 2.45) is 5.73 Å². The lowest BCUT2D eigenvalue weighted by Gasteiger charge is -2.32. The number of aryl methyl sites for hydroxylation is 1. The van der Waals surface area contributed by atoms with E-state index in [-0.39, 0.29) is 12.0 Å². The Labute approximate surface area is 122 Å². The zero-order valence-electron chi connectivity index (χ0n) is 11.1. The number of carbonyl (C=O) groups excluding carboxylic acids is 1. The maximum Gasteiger partial charge on any atom is 0.256 e. The Morgan fingerprint density at radius 3 is 3.00 bits per heavy atom. The molecule has 0 aliphatic carbocycles. The Hall–Kier alpha value is -0.910. The van der Waals surface area contributed by atoms with Crippen molar-refractivity contribution in [3.8, 4) is 0 Å². The molecule has 104 valence electrons. The van der Waals surface area contributed by atoms with Gasteiger partial charge in [-0.15, -0.1) is 0 Å². The van der Waals surface area contributed by atoms with Gasteiger partial charge in [0.1, 0.15) is 6.10 Å². The summed E-state index contributed by atoms with van der Waals surface area (Å²) in [6.07, 6.45) is 1.16. The number of rotatable bonds is 4. The largest absolute Gasteiger partial charge is 0.367 e.